The zero-order valence-corrected chi connectivity index (χ0v) is 22.1. The van der Waals surface area contributed by atoms with Gasteiger partial charge in [0, 0.05) is 31.0 Å². The molecule has 1 aromatic heterocycles. The average Bonchev–Trinajstić information content (AvgIpc) is 3.46. The zero-order chi connectivity index (χ0) is 27.9. The highest BCUT2D eigenvalue weighted by molar-refractivity contribution is 7.89. The summed E-state index contributed by atoms with van der Waals surface area (Å²) in [6.07, 6.45) is -1.30. The molecule has 0 aliphatic heterocycles. The van der Waals surface area contributed by atoms with E-state index in [1.54, 1.807) is 29.1 Å². The highest BCUT2D eigenvalue weighted by Crippen LogP contribution is 2.47. The van der Waals surface area contributed by atoms with Crippen LogP contribution in [0.4, 0.5) is 22.0 Å². The molecule has 208 valence electrons. The van der Waals surface area contributed by atoms with Crippen LogP contribution >= 0.6 is 0 Å². The smallest absolute Gasteiger partial charge is 0.237 e. The molecule has 11 heteroatoms. The molecule has 3 aromatic rings. The van der Waals surface area contributed by atoms with Crippen LogP contribution in [0.15, 0.2) is 65.9 Å². The Hall–Kier alpha value is -3.05. The van der Waals surface area contributed by atoms with Crippen LogP contribution in [0.1, 0.15) is 42.5 Å². The summed E-state index contributed by atoms with van der Waals surface area (Å²) in [5, 5.41) is 4.51. The molecule has 0 unspecified atom stereocenters. The van der Waals surface area contributed by atoms with Gasteiger partial charge in [-0.2, -0.15) is 18.3 Å². The standard InChI is InChI=1S/C28H28F5N3O2S/c1-18-24-15-34-36(23-10-8-22(29)9-11-23)26(24)14-20-6-7-21(27(18)20)16-35(39(37,38)17-28(31,32)33)13-12-19-4-2-3-5-25(19)30/h2-5,8-11,15,18,21H,6-7,12-14,16-17H2,1H3/t18-,21-/m0/s1. The first-order valence-electron chi connectivity index (χ1n) is 12.8. The molecule has 0 bridgehead atoms. The van der Waals surface area contributed by atoms with E-state index in [1.807, 2.05) is 6.92 Å². The van der Waals surface area contributed by atoms with Crippen molar-refractivity contribution in [1.82, 2.24) is 14.1 Å². The molecule has 2 aromatic carbocycles. The van der Waals surface area contributed by atoms with Crippen LogP contribution in [-0.4, -0.2) is 47.5 Å². The Kier molecular flexibility index (Phi) is 7.41. The molecule has 0 fully saturated rings. The Balaban J connectivity index is 1.40. The highest BCUT2D eigenvalue weighted by atomic mass is 32.2. The third kappa shape index (κ3) is 5.79. The van der Waals surface area contributed by atoms with E-state index in [-0.39, 0.29) is 42.7 Å². The van der Waals surface area contributed by atoms with Crippen molar-refractivity contribution < 1.29 is 30.4 Å². The van der Waals surface area contributed by atoms with Gasteiger partial charge in [0.2, 0.25) is 10.0 Å². The van der Waals surface area contributed by atoms with E-state index in [0.717, 1.165) is 32.4 Å². The van der Waals surface area contributed by atoms with E-state index in [4.69, 9.17) is 0 Å². The predicted molar refractivity (Wildman–Crippen MR) is 137 cm³/mol. The van der Waals surface area contributed by atoms with Crippen molar-refractivity contribution in [3.05, 3.63) is 94.3 Å². The predicted octanol–water partition coefficient (Wildman–Crippen LogP) is 5.95. The normalized spacial score (nSPS) is 19.5. The van der Waals surface area contributed by atoms with Crippen molar-refractivity contribution in [2.24, 2.45) is 5.92 Å². The summed E-state index contributed by atoms with van der Waals surface area (Å²) < 4.78 is 95.7. The van der Waals surface area contributed by atoms with Gasteiger partial charge in [-0.1, -0.05) is 36.3 Å². The topological polar surface area (TPSA) is 55.2 Å². The van der Waals surface area contributed by atoms with E-state index in [2.05, 4.69) is 5.10 Å². The maximum atomic E-state index is 14.2. The lowest BCUT2D eigenvalue weighted by molar-refractivity contribution is -0.107. The Labute approximate surface area is 224 Å². The van der Waals surface area contributed by atoms with Crippen molar-refractivity contribution in [2.45, 2.75) is 44.7 Å². The fourth-order valence-electron chi connectivity index (χ4n) is 5.91. The van der Waals surface area contributed by atoms with Gasteiger partial charge in [-0.05, 0) is 61.1 Å². The van der Waals surface area contributed by atoms with Crippen LogP contribution in [0.2, 0.25) is 0 Å². The maximum absolute atomic E-state index is 14.2. The van der Waals surface area contributed by atoms with E-state index in [1.165, 1.54) is 30.3 Å². The van der Waals surface area contributed by atoms with Crippen LogP contribution in [0.25, 0.3) is 5.69 Å². The van der Waals surface area contributed by atoms with E-state index in [0.29, 0.717) is 19.3 Å². The van der Waals surface area contributed by atoms with E-state index in [9.17, 15) is 30.4 Å². The van der Waals surface area contributed by atoms with Gasteiger partial charge >= 0.3 is 6.18 Å². The third-order valence-electron chi connectivity index (χ3n) is 7.68. The number of rotatable bonds is 8. The monoisotopic (exact) mass is 565 g/mol. The SMILES string of the molecule is C[C@@H]1C2=C(CC[C@H]2CN(CCc2ccccc2F)S(=O)(=O)CC(F)(F)F)Cc2c1cnn2-c1ccc(F)cc1. The summed E-state index contributed by atoms with van der Waals surface area (Å²) in [5.41, 5.74) is 5.07. The first-order valence-corrected chi connectivity index (χ1v) is 14.4. The van der Waals surface area contributed by atoms with Crippen molar-refractivity contribution in [3.8, 4) is 5.69 Å². The summed E-state index contributed by atoms with van der Waals surface area (Å²) >= 11 is 0. The second kappa shape index (κ2) is 10.5. The minimum atomic E-state index is -4.89. The minimum absolute atomic E-state index is 0.0352. The molecule has 1 heterocycles. The Morgan fingerprint density at radius 3 is 2.49 bits per heavy atom. The summed E-state index contributed by atoms with van der Waals surface area (Å²) in [5.74, 6) is -3.20. The van der Waals surface area contributed by atoms with Crippen molar-refractivity contribution in [2.75, 3.05) is 18.8 Å². The van der Waals surface area contributed by atoms with Crippen LogP contribution < -0.4 is 0 Å². The summed E-state index contributed by atoms with van der Waals surface area (Å²) in [6.45, 7) is 1.65. The number of sulfonamides is 1. The zero-order valence-electron chi connectivity index (χ0n) is 21.3. The Morgan fingerprint density at radius 2 is 1.79 bits per heavy atom. The van der Waals surface area contributed by atoms with E-state index >= 15 is 0 Å². The molecule has 2 aliphatic carbocycles. The highest BCUT2D eigenvalue weighted by Gasteiger charge is 2.42. The van der Waals surface area contributed by atoms with Gasteiger partial charge < -0.3 is 0 Å². The van der Waals surface area contributed by atoms with Crippen molar-refractivity contribution in [1.29, 1.82) is 0 Å². The van der Waals surface area contributed by atoms with Crippen LogP contribution in [0.5, 0.6) is 0 Å². The number of aromatic nitrogens is 2. The van der Waals surface area contributed by atoms with Crippen LogP contribution in [-0.2, 0) is 22.9 Å². The lowest BCUT2D eigenvalue weighted by Gasteiger charge is -2.31. The number of benzene rings is 2. The first-order chi connectivity index (χ1) is 18.4. The molecule has 0 radical (unpaired) electrons. The number of nitrogens with zero attached hydrogens (tertiary/aromatic N) is 3. The lowest BCUT2D eigenvalue weighted by Crippen LogP contribution is -2.42. The molecule has 0 amide bonds. The number of halogens is 5. The Morgan fingerprint density at radius 1 is 1.08 bits per heavy atom. The molecule has 0 saturated carbocycles. The van der Waals surface area contributed by atoms with Gasteiger partial charge in [-0.3, -0.25) is 0 Å². The Bertz CT molecular complexity index is 1500. The summed E-state index contributed by atoms with van der Waals surface area (Å²) in [4.78, 5) is 0. The minimum Gasteiger partial charge on any atom is -0.237 e. The molecule has 0 spiro atoms. The molecule has 39 heavy (non-hydrogen) atoms. The molecule has 5 nitrogen and oxygen atoms in total. The molecule has 2 atom stereocenters. The van der Waals surface area contributed by atoms with E-state index < -0.39 is 27.8 Å². The fraction of sp³-hybridized carbons (Fsp3) is 0.393. The van der Waals surface area contributed by atoms with Gasteiger partial charge in [-0.15, -0.1) is 0 Å². The quantitative estimate of drug-likeness (QED) is 0.251. The largest absolute Gasteiger partial charge is 0.404 e. The maximum Gasteiger partial charge on any atom is 0.404 e. The molecule has 2 aliphatic rings. The second-order valence-electron chi connectivity index (χ2n) is 10.2. The number of hydrogen-bond donors (Lipinski definition) is 0. The molecular formula is C28H28F5N3O2S. The molecule has 0 N–H and O–H groups in total. The van der Waals surface area contributed by atoms with Gasteiger partial charge in [0.25, 0.3) is 0 Å². The number of alkyl halides is 3. The van der Waals surface area contributed by atoms with Crippen molar-refractivity contribution >= 4 is 10.0 Å². The first kappa shape index (κ1) is 27.5. The van der Waals surface area contributed by atoms with Gasteiger partial charge in [0.1, 0.15) is 11.6 Å². The average molecular weight is 566 g/mol. The summed E-state index contributed by atoms with van der Waals surface area (Å²) in [7, 11) is -4.69. The molecule has 0 saturated heterocycles. The second-order valence-corrected chi connectivity index (χ2v) is 12.2. The third-order valence-corrected chi connectivity index (χ3v) is 9.49. The number of allylic oxidation sites excluding steroid dienone is 1. The van der Waals surface area contributed by atoms with Gasteiger partial charge in [0.05, 0.1) is 17.6 Å². The fourth-order valence-corrected chi connectivity index (χ4v) is 7.28. The van der Waals surface area contributed by atoms with Crippen LogP contribution in [0.3, 0.4) is 0 Å². The van der Waals surface area contributed by atoms with Crippen LogP contribution in [0, 0.1) is 17.6 Å². The lowest BCUT2D eigenvalue weighted by atomic mass is 9.80. The number of hydrogen-bond acceptors (Lipinski definition) is 3. The molecular weight excluding hydrogens is 537 g/mol. The number of fused-ring (bicyclic) bond motifs is 1. The van der Waals surface area contributed by atoms with Crippen molar-refractivity contribution in [3.63, 3.8) is 0 Å². The van der Waals surface area contributed by atoms with Gasteiger partial charge in [-0.25, -0.2) is 26.2 Å². The molecule has 5 rings (SSSR count). The van der Waals surface area contributed by atoms with Gasteiger partial charge in [0.15, 0.2) is 5.75 Å². The summed E-state index contributed by atoms with van der Waals surface area (Å²) in [6, 6.07) is 11.9.